The van der Waals surface area contributed by atoms with Gasteiger partial charge < -0.3 is 14.9 Å². The van der Waals surface area contributed by atoms with Crippen molar-refractivity contribution in [2.45, 2.75) is 50.7 Å². The van der Waals surface area contributed by atoms with Gasteiger partial charge in [0.2, 0.25) is 0 Å². The Morgan fingerprint density at radius 2 is 2.08 bits per heavy atom. The van der Waals surface area contributed by atoms with Gasteiger partial charge in [-0.1, -0.05) is 12.2 Å². The molecule has 6 aliphatic carbocycles. The van der Waals surface area contributed by atoms with Crippen molar-refractivity contribution in [2.75, 3.05) is 0 Å². The molecule has 9 atom stereocenters. The lowest BCUT2D eigenvalue weighted by Gasteiger charge is -2.48. The lowest BCUT2D eigenvalue weighted by atomic mass is 9.55. The van der Waals surface area contributed by atoms with Gasteiger partial charge >= 0.3 is 11.9 Å². The van der Waals surface area contributed by atoms with Gasteiger partial charge in [0.1, 0.15) is 5.60 Å². The van der Waals surface area contributed by atoms with Gasteiger partial charge in [0.25, 0.3) is 0 Å². The molecule has 6 bridgehead atoms. The number of ether oxygens (including phenoxy) is 1. The van der Waals surface area contributed by atoms with Gasteiger partial charge in [0, 0.05) is 23.2 Å². The van der Waals surface area contributed by atoms with E-state index in [0.717, 1.165) is 19.3 Å². The number of esters is 1. The second kappa shape index (κ2) is 3.33. The summed E-state index contributed by atoms with van der Waals surface area (Å²) in [7, 11) is 0. The number of allylic oxidation sites excluding steroid dienone is 1. The minimum atomic E-state index is -0.871. The van der Waals surface area contributed by atoms with E-state index in [2.05, 4.69) is 6.58 Å². The first kappa shape index (κ1) is 13.9. The number of aliphatic hydroxyl groups is 1. The highest BCUT2D eigenvalue weighted by molar-refractivity contribution is 5.87. The fraction of sp³-hybridized carbons (Fsp3) is 0.789. The van der Waals surface area contributed by atoms with Gasteiger partial charge in [-0.15, -0.1) is 0 Å². The number of fused-ring (bicyclic) bond motifs is 1. The number of aliphatic carboxylic acids is 1. The molecule has 0 aromatic heterocycles. The summed E-state index contributed by atoms with van der Waals surface area (Å²) in [5.41, 5.74) is -1.04. The molecule has 0 aromatic carbocycles. The molecule has 2 N–H and O–H groups in total. The van der Waals surface area contributed by atoms with Crippen LogP contribution < -0.4 is 0 Å². The van der Waals surface area contributed by atoms with E-state index in [-0.39, 0.29) is 28.6 Å². The molecule has 0 amide bonds. The number of aliphatic hydroxyl groups excluding tert-OH is 1. The Hall–Kier alpha value is -1.36. The van der Waals surface area contributed by atoms with Crippen molar-refractivity contribution in [1.29, 1.82) is 0 Å². The maximum Gasteiger partial charge on any atom is 0.312 e. The first-order valence-electron chi connectivity index (χ1n) is 9.09. The van der Waals surface area contributed by atoms with E-state index in [0.29, 0.717) is 18.8 Å². The van der Waals surface area contributed by atoms with Crippen LogP contribution >= 0.6 is 0 Å². The second-order valence-corrected chi connectivity index (χ2v) is 9.51. The van der Waals surface area contributed by atoms with Crippen LogP contribution in [-0.2, 0) is 14.3 Å². The van der Waals surface area contributed by atoms with E-state index >= 15 is 0 Å². The van der Waals surface area contributed by atoms with Crippen LogP contribution in [0, 0.1) is 39.9 Å². The second-order valence-electron chi connectivity index (χ2n) is 9.51. The molecule has 7 rings (SSSR count). The maximum absolute atomic E-state index is 12.8. The third kappa shape index (κ3) is 0.928. The van der Waals surface area contributed by atoms with E-state index in [1.807, 2.05) is 6.92 Å². The Morgan fingerprint density at radius 1 is 1.33 bits per heavy atom. The molecule has 24 heavy (non-hydrogen) atoms. The van der Waals surface area contributed by atoms with Crippen LogP contribution in [0.4, 0.5) is 0 Å². The van der Waals surface area contributed by atoms with Gasteiger partial charge in [-0.3, -0.25) is 9.59 Å². The van der Waals surface area contributed by atoms with Crippen LogP contribution in [0.1, 0.15) is 39.0 Å². The van der Waals surface area contributed by atoms with E-state index in [1.54, 1.807) is 0 Å². The van der Waals surface area contributed by atoms with Gasteiger partial charge in [-0.05, 0) is 44.4 Å². The lowest BCUT2D eigenvalue weighted by molar-refractivity contribution is -0.163. The van der Waals surface area contributed by atoms with Crippen LogP contribution in [-0.4, -0.2) is 33.9 Å². The monoisotopic (exact) mass is 330 g/mol. The van der Waals surface area contributed by atoms with Gasteiger partial charge in [0.15, 0.2) is 0 Å². The molecule has 1 saturated heterocycles. The molecule has 9 unspecified atom stereocenters. The van der Waals surface area contributed by atoms with E-state index in [1.165, 1.54) is 5.57 Å². The summed E-state index contributed by atoms with van der Waals surface area (Å²) < 4.78 is 6.10. The van der Waals surface area contributed by atoms with Crippen LogP contribution in [0.5, 0.6) is 0 Å². The fourth-order valence-corrected chi connectivity index (χ4v) is 8.97. The first-order chi connectivity index (χ1) is 11.3. The highest BCUT2D eigenvalue weighted by Crippen LogP contribution is 2.98. The molecule has 1 heterocycles. The number of carbonyl (C=O) groups is 2. The van der Waals surface area contributed by atoms with Crippen LogP contribution in [0.3, 0.4) is 0 Å². The largest absolute Gasteiger partial charge is 0.481 e. The summed E-state index contributed by atoms with van der Waals surface area (Å²) in [5.74, 6) is -1.33. The molecule has 5 nitrogen and oxygen atoms in total. The number of rotatable bonds is 1. The molecule has 0 radical (unpaired) electrons. The highest BCUT2D eigenvalue weighted by Gasteiger charge is 3.00. The molecule has 2 spiro atoms. The lowest BCUT2D eigenvalue weighted by Crippen LogP contribution is -2.55. The quantitative estimate of drug-likeness (QED) is 0.565. The highest BCUT2D eigenvalue weighted by atomic mass is 16.6. The van der Waals surface area contributed by atoms with Gasteiger partial charge in [-0.2, -0.15) is 0 Å². The summed E-state index contributed by atoms with van der Waals surface area (Å²) in [6.07, 6.45) is 2.95. The predicted octanol–water partition coefficient (Wildman–Crippen LogP) is 1.75. The van der Waals surface area contributed by atoms with Gasteiger partial charge in [-0.25, -0.2) is 0 Å². The SMILES string of the molecule is C=C1C2CCC34C1C3(C2)C(C(=O)O)C1C2(C)CC(O)CC14OC2=O. The third-order valence-corrected chi connectivity index (χ3v) is 9.16. The summed E-state index contributed by atoms with van der Waals surface area (Å²) in [5, 5.41) is 20.7. The molecule has 5 heteroatoms. The standard InChI is InChI=1S/C19H22O5/c1-8-9-3-4-18-12(8)17(18,5-9)11(14(21)22)13-16(2)6-10(20)7-19(13,18)24-15(16)23/h9-13,20H,1,3-7H2,2H3,(H,21,22). The predicted molar refractivity (Wildman–Crippen MR) is 81.6 cm³/mol. The molecule has 6 saturated carbocycles. The number of carboxylic acids is 1. The fourth-order valence-electron chi connectivity index (χ4n) is 8.97. The average Bonchev–Trinajstić information content (AvgIpc) is 2.89. The van der Waals surface area contributed by atoms with Crippen molar-refractivity contribution in [3.8, 4) is 0 Å². The summed E-state index contributed by atoms with van der Waals surface area (Å²) in [4.78, 5) is 25.2. The van der Waals surface area contributed by atoms with E-state index in [4.69, 9.17) is 4.74 Å². The molecular weight excluding hydrogens is 308 g/mol. The minimum Gasteiger partial charge on any atom is -0.481 e. The molecule has 1 aliphatic heterocycles. The topological polar surface area (TPSA) is 83.8 Å². The van der Waals surface area contributed by atoms with Crippen molar-refractivity contribution in [1.82, 2.24) is 0 Å². The Kier molecular flexibility index (Phi) is 1.92. The smallest absolute Gasteiger partial charge is 0.312 e. The summed E-state index contributed by atoms with van der Waals surface area (Å²) in [6, 6.07) is 0. The van der Waals surface area contributed by atoms with Crippen molar-refractivity contribution in [2.24, 2.45) is 39.9 Å². The molecule has 7 fully saturated rings. The molecule has 128 valence electrons. The van der Waals surface area contributed by atoms with Crippen LogP contribution in [0.25, 0.3) is 0 Å². The zero-order chi connectivity index (χ0) is 16.9. The molecular formula is C19H22O5. The van der Waals surface area contributed by atoms with Crippen molar-refractivity contribution >= 4 is 11.9 Å². The number of hydrogen-bond donors (Lipinski definition) is 2. The Morgan fingerprint density at radius 3 is 2.79 bits per heavy atom. The Bertz CT molecular complexity index is 759. The molecule has 0 aromatic rings. The maximum atomic E-state index is 12.8. The minimum absolute atomic E-state index is 0.168. The molecule has 7 aliphatic rings. The zero-order valence-electron chi connectivity index (χ0n) is 13.7. The van der Waals surface area contributed by atoms with E-state index in [9.17, 15) is 19.8 Å². The first-order valence-corrected chi connectivity index (χ1v) is 9.09. The van der Waals surface area contributed by atoms with Gasteiger partial charge in [0.05, 0.1) is 17.4 Å². The van der Waals surface area contributed by atoms with Crippen molar-refractivity contribution in [3.63, 3.8) is 0 Å². The number of carbonyl (C=O) groups excluding carboxylic acids is 1. The van der Waals surface area contributed by atoms with Crippen molar-refractivity contribution < 1.29 is 24.5 Å². The number of carboxylic acid groups (broad SMARTS) is 1. The normalized spacial score (nSPS) is 64.5. The Labute approximate surface area is 140 Å². The zero-order valence-corrected chi connectivity index (χ0v) is 13.7. The van der Waals surface area contributed by atoms with Crippen molar-refractivity contribution in [3.05, 3.63) is 12.2 Å². The average molecular weight is 330 g/mol. The third-order valence-electron chi connectivity index (χ3n) is 9.16. The summed E-state index contributed by atoms with van der Waals surface area (Å²) in [6.45, 7) is 6.12. The summed E-state index contributed by atoms with van der Waals surface area (Å²) >= 11 is 0. The van der Waals surface area contributed by atoms with E-state index < -0.39 is 29.0 Å². The van der Waals surface area contributed by atoms with Crippen LogP contribution in [0.2, 0.25) is 0 Å². The number of hydrogen-bond acceptors (Lipinski definition) is 4. The Balaban J connectivity index is 1.66. The van der Waals surface area contributed by atoms with Crippen LogP contribution in [0.15, 0.2) is 12.2 Å².